The van der Waals surface area contributed by atoms with Crippen LogP contribution in [0.25, 0.3) is 0 Å². The zero-order chi connectivity index (χ0) is 23.5. The second-order valence-corrected chi connectivity index (χ2v) is 12.7. The summed E-state index contributed by atoms with van der Waals surface area (Å²) in [4.78, 5) is 36.2. The molecule has 0 heterocycles. The molecule has 1 unspecified atom stereocenters. The lowest BCUT2D eigenvalue weighted by atomic mass is 9.42. The van der Waals surface area contributed by atoms with E-state index in [9.17, 15) is 14.4 Å². The van der Waals surface area contributed by atoms with Gasteiger partial charge in [0, 0.05) is 6.42 Å². The van der Waals surface area contributed by atoms with Gasteiger partial charge in [0.2, 0.25) is 0 Å². The molecule has 0 spiro atoms. The second-order valence-electron chi connectivity index (χ2n) is 12.7. The Morgan fingerprint density at radius 2 is 1.53 bits per heavy atom. The molecular formula is C28H44O4. The number of carboxylic acids is 1. The van der Waals surface area contributed by atoms with Crippen LogP contribution in [-0.4, -0.2) is 22.6 Å². The minimum Gasteiger partial charge on any atom is -0.481 e. The quantitative estimate of drug-likeness (QED) is 0.487. The van der Waals surface area contributed by atoms with Gasteiger partial charge in [0.25, 0.3) is 0 Å². The summed E-state index contributed by atoms with van der Waals surface area (Å²) in [6, 6.07) is 0. The summed E-state index contributed by atoms with van der Waals surface area (Å²) < 4.78 is 0. The molecular weight excluding hydrogens is 400 g/mol. The molecule has 4 nitrogen and oxygen atoms in total. The minimum absolute atomic E-state index is 0.0828. The van der Waals surface area contributed by atoms with Crippen LogP contribution in [0.1, 0.15) is 105 Å². The molecule has 0 bridgehead atoms. The number of ketones is 2. The third-order valence-electron chi connectivity index (χ3n) is 11.7. The van der Waals surface area contributed by atoms with Crippen LogP contribution in [0.4, 0.5) is 0 Å². The van der Waals surface area contributed by atoms with E-state index in [-0.39, 0.29) is 23.4 Å². The Bertz CT molecular complexity index is 772. The lowest BCUT2D eigenvalue weighted by molar-refractivity contribution is -0.158. The van der Waals surface area contributed by atoms with Crippen LogP contribution >= 0.6 is 0 Å². The zero-order valence-corrected chi connectivity index (χ0v) is 20.9. The van der Waals surface area contributed by atoms with Crippen molar-refractivity contribution in [1.29, 1.82) is 0 Å². The Hall–Kier alpha value is -1.19. The first-order valence-electron chi connectivity index (χ1n) is 13.2. The first-order valence-corrected chi connectivity index (χ1v) is 13.2. The van der Waals surface area contributed by atoms with Gasteiger partial charge in [-0.15, -0.1) is 0 Å². The molecule has 0 saturated heterocycles. The van der Waals surface area contributed by atoms with E-state index in [1.54, 1.807) is 13.8 Å². The van der Waals surface area contributed by atoms with Crippen molar-refractivity contribution in [1.82, 2.24) is 0 Å². The van der Waals surface area contributed by atoms with Crippen molar-refractivity contribution < 1.29 is 19.5 Å². The van der Waals surface area contributed by atoms with Crippen molar-refractivity contribution in [3.8, 4) is 0 Å². The van der Waals surface area contributed by atoms with E-state index >= 15 is 0 Å². The predicted octanol–water partition coefficient (Wildman–Crippen LogP) is 6.31. The third kappa shape index (κ3) is 3.50. The summed E-state index contributed by atoms with van der Waals surface area (Å²) in [6.45, 7) is 10.6. The summed E-state index contributed by atoms with van der Waals surface area (Å²) in [5, 5.41) is 9.16. The van der Waals surface area contributed by atoms with Crippen molar-refractivity contribution in [2.45, 2.75) is 105 Å². The van der Waals surface area contributed by atoms with Gasteiger partial charge in [0.15, 0.2) is 0 Å². The molecule has 1 N–H and O–H groups in total. The van der Waals surface area contributed by atoms with Gasteiger partial charge >= 0.3 is 5.97 Å². The van der Waals surface area contributed by atoms with Crippen LogP contribution in [0.3, 0.4) is 0 Å². The number of hydrogen-bond acceptors (Lipinski definition) is 3. The molecule has 0 radical (unpaired) electrons. The van der Waals surface area contributed by atoms with Crippen molar-refractivity contribution in [3.05, 3.63) is 0 Å². The lowest BCUT2D eigenvalue weighted by Gasteiger charge is -2.62. The summed E-state index contributed by atoms with van der Waals surface area (Å²) in [5.74, 6) is 3.33. The van der Waals surface area contributed by atoms with Gasteiger partial charge in [-0.05, 0) is 124 Å². The van der Waals surface area contributed by atoms with E-state index < -0.39 is 11.4 Å². The average Bonchev–Trinajstić information content (AvgIpc) is 3.08. The van der Waals surface area contributed by atoms with E-state index in [4.69, 9.17) is 5.11 Å². The number of carbonyl (C=O) groups is 3. The fourth-order valence-electron chi connectivity index (χ4n) is 9.68. The molecule has 4 fully saturated rings. The maximum atomic E-state index is 12.6. The lowest BCUT2D eigenvalue weighted by Crippen LogP contribution is -2.56. The highest BCUT2D eigenvalue weighted by Gasteiger charge is 2.62. The van der Waals surface area contributed by atoms with Crippen LogP contribution < -0.4 is 0 Å². The van der Waals surface area contributed by atoms with Gasteiger partial charge in [0.1, 0.15) is 11.6 Å². The SMILES string of the molecule is CC(=O)C1(C(C)=O)CC[C@]2(C)C(CC[C@H]3[C@@H]4CC[C@H]([C@H](C)CCC(=O)O)[C@@]4(C)CC[C@@H]32)C1. The molecule has 4 aliphatic carbocycles. The van der Waals surface area contributed by atoms with E-state index in [2.05, 4.69) is 20.8 Å². The number of rotatable bonds is 6. The molecule has 4 aliphatic rings. The minimum atomic E-state index is -0.724. The highest BCUT2D eigenvalue weighted by atomic mass is 16.4. The number of carbonyl (C=O) groups excluding carboxylic acids is 2. The normalized spacial score (nSPS) is 43.5. The standard InChI is InChI=1S/C28H44O4/c1-17(6-11-25(31)32)22-9-10-23-21-8-7-20-16-28(18(2)29,19(3)30)15-14-26(20,4)24(21)12-13-27(22,23)5/h17,20-24H,6-16H2,1-5H3,(H,31,32)/t17-,20?,21+,22-,23+,24+,26-,27-/m1/s1. The molecule has 8 atom stereocenters. The molecule has 32 heavy (non-hydrogen) atoms. The molecule has 0 aromatic heterocycles. The maximum absolute atomic E-state index is 12.6. The van der Waals surface area contributed by atoms with Gasteiger partial charge in [-0.2, -0.15) is 0 Å². The van der Waals surface area contributed by atoms with E-state index in [0.29, 0.717) is 29.1 Å². The van der Waals surface area contributed by atoms with Gasteiger partial charge in [0.05, 0.1) is 5.41 Å². The molecule has 4 saturated carbocycles. The first kappa shape index (κ1) is 24.0. The first-order chi connectivity index (χ1) is 15.0. The van der Waals surface area contributed by atoms with Crippen molar-refractivity contribution in [2.24, 2.45) is 51.8 Å². The fourth-order valence-corrected chi connectivity index (χ4v) is 9.68. The molecule has 4 heteroatoms. The summed E-state index contributed by atoms with van der Waals surface area (Å²) in [5.41, 5.74) is -0.122. The predicted molar refractivity (Wildman–Crippen MR) is 125 cm³/mol. The number of aliphatic carboxylic acids is 1. The van der Waals surface area contributed by atoms with Gasteiger partial charge < -0.3 is 5.11 Å². The van der Waals surface area contributed by atoms with Crippen LogP contribution in [0.15, 0.2) is 0 Å². The average molecular weight is 445 g/mol. The zero-order valence-electron chi connectivity index (χ0n) is 20.9. The fraction of sp³-hybridized carbons (Fsp3) is 0.893. The van der Waals surface area contributed by atoms with Crippen LogP contribution in [0, 0.1) is 51.8 Å². The topological polar surface area (TPSA) is 71.4 Å². The van der Waals surface area contributed by atoms with E-state index in [0.717, 1.165) is 43.9 Å². The Kier molecular flexibility index (Phi) is 6.16. The van der Waals surface area contributed by atoms with Gasteiger partial charge in [-0.25, -0.2) is 0 Å². The molecule has 180 valence electrons. The number of hydrogen-bond donors (Lipinski definition) is 1. The monoisotopic (exact) mass is 444 g/mol. The molecule has 0 amide bonds. The van der Waals surface area contributed by atoms with Crippen molar-refractivity contribution in [3.63, 3.8) is 0 Å². The van der Waals surface area contributed by atoms with Crippen LogP contribution in [0.2, 0.25) is 0 Å². The summed E-state index contributed by atoms with van der Waals surface area (Å²) >= 11 is 0. The van der Waals surface area contributed by atoms with Gasteiger partial charge in [-0.3, -0.25) is 14.4 Å². The molecule has 0 aromatic rings. The van der Waals surface area contributed by atoms with Crippen molar-refractivity contribution >= 4 is 17.5 Å². The van der Waals surface area contributed by atoms with Gasteiger partial charge in [-0.1, -0.05) is 20.8 Å². The van der Waals surface area contributed by atoms with Crippen LogP contribution in [0.5, 0.6) is 0 Å². The molecule has 4 rings (SSSR count). The Morgan fingerprint density at radius 3 is 2.16 bits per heavy atom. The number of Topliss-reactive ketones (excluding diaryl/α,β-unsaturated/α-hetero) is 2. The van der Waals surface area contributed by atoms with E-state index in [1.807, 2.05) is 0 Å². The maximum Gasteiger partial charge on any atom is 0.303 e. The smallest absolute Gasteiger partial charge is 0.303 e. The Balaban J connectivity index is 1.53. The Labute approximate surface area is 194 Å². The number of fused-ring (bicyclic) bond motifs is 5. The molecule has 0 aliphatic heterocycles. The number of carboxylic acid groups (broad SMARTS) is 1. The second kappa shape index (κ2) is 8.24. The summed E-state index contributed by atoms with van der Waals surface area (Å²) in [7, 11) is 0. The largest absolute Gasteiger partial charge is 0.481 e. The van der Waals surface area contributed by atoms with Crippen molar-refractivity contribution in [2.75, 3.05) is 0 Å². The van der Waals surface area contributed by atoms with E-state index in [1.165, 1.54) is 32.1 Å². The summed E-state index contributed by atoms with van der Waals surface area (Å²) in [6.07, 6.45) is 11.1. The van der Waals surface area contributed by atoms with Crippen LogP contribution in [-0.2, 0) is 14.4 Å². The highest BCUT2D eigenvalue weighted by Crippen LogP contribution is 2.69. The molecule has 0 aromatic carbocycles. The highest BCUT2D eigenvalue weighted by molar-refractivity contribution is 6.05. The Morgan fingerprint density at radius 1 is 0.875 bits per heavy atom. The third-order valence-corrected chi connectivity index (χ3v) is 11.7.